The van der Waals surface area contributed by atoms with Crippen molar-refractivity contribution in [3.05, 3.63) is 42.1 Å². The molecule has 0 aliphatic carbocycles. The number of anilines is 2. The summed E-state index contributed by atoms with van der Waals surface area (Å²) in [4.78, 5) is 7.21. The van der Waals surface area contributed by atoms with E-state index < -0.39 is 0 Å². The molecule has 2 aliphatic heterocycles. The van der Waals surface area contributed by atoms with Gasteiger partial charge in [-0.3, -0.25) is 0 Å². The summed E-state index contributed by atoms with van der Waals surface area (Å²) in [6, 6.07) is 9.59. The number of morpholine rings is 1. The predicted molar refractivity (Wildman–Crippen MR) is 101 cm³/mol. The van der Waals surface area contributed by atoms with Gasteiger partial charge in [-0.15, -0.1) is 5.10 Å². The lowest BCUT2D eigenvalue weighted by Crippen LogP contribution is -2.43. The maximum absolute atomic E-state index is 7.53. The number of hydrogen-bond donors (Lipinski definition) is 2. The zero-order valence-electron chi connectivity index (χ0n) is 14.3. The monoisotopic (exact) mass is 348 g/mol. The molecule has 3 N–H and O–H groups in total. The maximum Gasteiger partial charge on any atom is 0.182 e. The van der Waals surface area contributed by atoms with Crippen LogP contribution in [0.25, 0.3) is 16.9 Å². The van der Waals surface area contributed by atoms with E-state index in [2.05, 4.69) is 10.00 Å². The highest BCUT2D eigenvalue weighted by Crippen LogP contribution is 2.32. The second-order valence-electron chi connectivity index (χ2n) is 6.95. The first-order chi connectivity index (χ1) is 12.7. The van der Waals surface area contributed by atoms with Crippen LogP contribution in [-0.2, 0) is 4.74 Å². The number of nitrogens with one attached hydrogen (secondary N) is 1. The molecule has 4 heterocycles. The van der Waals surface area contributed by atoms with E-state index in [9.17, 15) is 0 Å². The Bertz CT molecular complexity index is 985. The first kappa shape index (κ1) is 15.3. The van der Waals surface area contributed by atoms with Gasteiger partial charge in [0.2, 0.25) is 0 Å². The molecule has 3 aromatic rings. The van der Waals surface area contributed by atoms with E-state index in [1.54, 1.807) is 6.07 Å². The Morgan fingerprint density at radius 2 is 2.00 bits per heavy atom. The molecule has 1 aromatic carbocycles. The summed E-state index contributed by atoms with van der Waals surface area (Å²) in [5.74, 6) is 1.57. The SMILES string of the molecule is N=Cc1cc(-c2nc(N3C[C@H]4CC[C@@H](C3)O4)c3cccn3n2)ccc1N. The van der Waals surface area contributed by atoms with Crippen molar-refractivity contribution in [2.45, 2.75) is 25.0 Å². The topological polar surface area (TPSA) is 92.5 Å². The van der Waals surface area contributed by atoms with Crippen molar-refractivity contribution in [3.8, 4) is 11.4 Å². The number of nitrogen functional groups attached to an aromatic ring is 1. The molecule has 0 radical (unpaired) electrons. The van der Waals surface area contributed by atoms with Crippen molar-refractivity contribution in [2.75, 3.05) is 23.7 Å². The molecular formula is C19H20N6O. The molecule has 0 amide bonds. The Labute approximate surface area is 150 Å². The second kappa shape index (κ2) is 5.81. The third-order valence-electron chi connectivity index (χ3n) is 5.22. The number of nitrogens with zero attached hydrogens (tertiary/aromatic N) is 4. The lowest BCUT2D eigenvalue weighted by atomic mass is 10.1. The number of ether oxygens (including phenoxy) is 1. The Morgan fingerprint density at radius 1 is 1.19 bits per heavy atom. The largest absolute Gasteiger partial charge is 0.398 e. The van der Waals surface area contributed by atoms with Crippen LogP contribution in [-0.4, -0.2) is 46.1 Å². The van der Waals surface area contributed by atoms with Crippen LogP contribution in [0.3, 0.4) is 0 Å². The average Bonchev–Trinajstić information content (AvgIpc) is 3.27. The fourth-order valence-corrected chi connectivity index (χ4v) is 3.90. The molecule has 2 saturated heterocycles. The Kier molecular flexibility index (Phi) is 3.43. The van der Waals surface area contributed by atoms with Gasteiger partial charge in [0.25, 0.3) is 0 Å². The van der Waals surface area contributed by atoms with Crippen molar-refractivity contribution < 1.29 is 4.74 Å². The van der Waals surface area contributed by atoms with Gasteiger partial charge in [0, 0.05) is 42.3 Å². The number of hydrogen-bond acceptors (Lipinski definition) is 6. The Morgan fingerprint density at radius 3 is 2.77 bits per heavy atom. The number of rotatable bonds is 3. The lowest BCUT2D eigenvalue weighted by Gasteiger charge is -2.33. The van der Waals surface area contributed by atoms with Gasteiger partial charge in [-0.25, -0.2) is 9.50 Å². The van der Waals surface area contributed by atoms with Gasteiger partial charge < -0.3 is 20.8 Å². The van der Waals surface area contributed by atoms with Gasteiger partial charge in [0.15, 0.2) is 11.6 Å². The van der Waals surface area contributed by atoms with E-state index in [1.165, 1.54) is 6.21 Å². The highest BCUT2D eigenvalue weighted by atomic mass is 16.5. The van der Waals surface area contributed by atoms with E-state index in [4.69, 9.17) is 20.9 Å². The van der Waals surface area contributed by atoms with Crippen LogP contribution >= 0.6 is 0 Å². The molecule has 26 heavy (non-hydrogen) atoms. The number of nitrogens with two attached hydrogens (primary N) is 1. The highest BCUT2D eigenvalue weighted by Gasteiger charge is 2.35. The molecule has 7 heteroatoms. The van der Waals surface area contributed by atoms with E-state index >= 15 is 0 Å². The fourth-order valence-electron chi connectivity index (χ4n) is 3.90. The van der Waals surface area contributed by atoms with Crippen molar-refractivity contribution >= 4 is 23.2 Å². The van der Waals surface area contributed by atoms with Gasteiger partial charge in [0.05, 0.1) is 12.2 Å². The van der Waals surface area contributed by atoms with Crippen LogP contribution < -0.4 is 10.6 Å². The number of benzene rings is 1. The third kappa shape index (κ3) is 2.43. The quantitative estimate of drug-likeness (QED) is 0.560. The van der Waals surface area contributed by atoms with Crippen LogP contribution in [0.5, 0.6) is 0 Å². The van der Waals surface area contributed by atoms with Gasteiger partial charge in [0.1, 0.15) is 5.52 Å². The molecule has 2 aromatic heterocycles. The summed E-state index contributed by atoms with van der Waals surface area (Å²) >= 11 is 0. The molecule has 2 aliphatic rings. The predicted octanol–water partition coefficient (Wildman–Crippen LogP) is 2.34. The fraction of sp³-hybridized carbons (Fsp3) is 0.316. The standard InChI is InChI=1S/C19H20N6O/c20-9-13-8-12(3-6-16(13)21)18-22-19(17-2-1-7-25(17)23-18)24-10-14-4-5-15(11-24)26-14/h1-3,6-9,14-15,20H,4-5,10-11,21H2/t14-,15+. The van der Waals surface area contributed by atoms with Crippen LogP contribution in [0.2, 0.25) is 0 Å². The smallest absolute Gasteiger partial charge is 0.182 e. The summed E-state index contributed by atoms with van der Waals surface area (Å²) in [7, 11) is 0. The molecule has 2 bridgehead atoms. The molecule has 132 valence electrons. The Hall–Kier alpha value is -2.93. The lowest BCUT2D eigenvalue weighted by molar-refractivity contribution is 0.0303. The first-order valence-electron chi connectivity index (χ1n) is 8.87. The van der Waals surface area contributed by atoms with E-state index in [0.717, 1.165) is 42.8 Å². The molecule has 0 spiro atoms. The minimum atomic E-state index is 0.295. The van der Waals surface area contributed by atoms with Crippen LogP contribution in [0.1, 0.15) is 18.4 Å². The summed E-state index contributed by atoms with van der Waals surface area (Å²) in [6.07, 6.45) is 6.03. The first-order valence-corrected chi connectivity index (χ1v) is 8.87. The van der Waals surface area contributed by atoms with Gasteiger partial charge in [-0.2, -0.15) is 0 Å². The van der Waals surface area contributed by atoms with Crippen molar-refractivity contribution in [2.24, 2.45) is 0 Å². The maximum atomic E-state index is 7.53. The zero-order chi connectivity index (χ0) is 17.7. The minimum Gasteiger partial charge on any atom is -0.398 e. The Balaban J connectivity index is 1.62. The average molecular weight is 348 g/mol. The van der Waals surface area contributed by atoms with E-state index in [0.29, 0.717) is 29.3 Å². The normalized spacial score (nSPS) is 22.1. The summed E-state index contributed by atoms with van der Waals surface area (Å²) in [6.45, 7) is 1.72. The molecular weight excluding hydrogens is 328 g/mol. The van der Waals surface area contributed by atoms with Gasteiger partial charge in [-0.1, -0.05) is 0 Å². The van der Waals surface area contributed by atoms with E-state index in [-0.39, 0.29) is 0 Å². The summed E-state index contributed by atoms with van der Waals surface area (Å²) in [5.41, 5.74) is 9.02. The second-order valence-corrected chi connectivity index (χ2v) is 6.95. The molecule has 0 unspecified atom stereocenters. The van der Waals surface area contributed by atoms with Crippen LogP contribution in [0, 0.1) is 5.41 Å². The van der Waals surface area contributed by atoms with Gasteiger partial charge >= 0.3 is 0 Å². The van der Waals surface area contributed by atoms with Crippen molar-refractivity contribution in [3.63, 3.8) is 0 Å². The third-order valence-corrected chi connectivity index (χ3v) is 5.22. The minimum absolute atomic E-state index is 0.295. The molecule has 5 rings (SSSR count). The summed E-state index contributed by atoms with van der Waals surface area (Å²) in [5, 5.41) is 12.2. The molecule has 0 saturated carbocycles. The molecule has 2 atom stereocenters. The van der Waals surface area contributed by atoms with Crippen molar-refractivity contribution in [1.29, 1.82) is 5.41 Å². The van der Waals surface area contributed by atoms with Crippen LogP contribution in [0.4, 0.5) is 11.5 Å². The van der Waals surface area contributed by atoms with Crippen LogP contribution in [0.15, 0.2) is 36.5 Å². The van der Waals surface area contributed by atoms with E-state index in [1.807, 2.05) is 35.0 Å². The highest BCUT2D eigenvalue weighted by molar-refractivity contribution is 5.87. The summed E-state index contributed by atoms with van der Waals surface area (Å²) < 4.78 is 7.84. The zero-order valence-corrected chi connectivity index (χ0v) is 14.3. The van der Waals surface area contributed by atoms with Crippen molar-refractivity contribution in [1.82, 2.24) is 14.6 Å². The number of fused-ring (bicyclic) bond motifs is 3. The molecule has 2 fully saturated rings. The van der Waals surface area contributed by atoms with Gasteiger partial charge in [-0.05, 0) is 43.2 Å². The molecule has 7 nitrogen and oxygen atoms in total. The number of aromatic nitrogens is 3.